The predicted molar refractivity (Wildman–Crippen MR) is 117 cm³/mol. The van der Waals surface area contributed by atoms with E-state index >= 15 is 0 Å². The van der Waals surface area contributed by atoms with E-state index < -0.39 is 0 Å². The van der Waals surface area contributed by atoms with Gasteiger partial charge in [-0.1, -0.05) is 47.6 Å². The van der Waals surface area contributed by atoms with E-state index in [0.29, 0.717) is 18.4 Å². The van der Waals surface area contributed by atoms with Crippen LogP contribution in [0.2, 0.25) is 0 Å². The molecule has 1 aromatic heterocycles. The smallest absolute Gasteiger partial charge is 0.230 e. The summed E-state index contributed by atoms with van der Waals surface area (Å²) >= 11 is 0. The summed E-state index contributed by atoms with van der Waals surface area (Å²) in [7, 11) is 2.11. The van der Waals surface area contributed by atoms with Gasteiger partial charge < -0.3 is 14.6 Å². The molecule has 6 nitrogen and oxygen atoms in total. The van der Waals surface area contributed by atoms with Crippen LogP contribution < -0.4 is 10.1 Å². The number of aromatic nitrogens is 2. The van der Waals surface area contributed by atoms with Gasteiger partial charge in [-0.25, -0.2) is 0 Å². The van der Waals surface area contributed by atoms with E-state index in [1.807, 2.05) is 18.2 Å². The van der Waals surface area contributed by atoms with Crippen LogP contribution >= 0.6 is 12.4 Å². The van der Waals surface area contributed by atoms with E-state index in [2.05, 4.69) is 58.8 Å². The van der Waals surface area contributed by atoms with Gasteiger partial charge in [0.25, 0.3) is 0 Å². The van der Waals surface area contributed by atoms with E-state index in [1.165, 1.54) is 11.1 Å². The average Bonchev–Trinajstić information content (AvgIpc) is 3.42. The SMILES string of the molecule is CN1CCNCC1c1noc(C2CC2c2ccc(OCc3ccccc3)cc2)n1.Cl. The fraction of sp³-hybridized carbons (Fsp3) is 0.391. The summed E-state index contributed by atoms with van der Waals surface area (Å²) in [5, 5.41) is 7.66. The summed E-state index contributed by atoms with van der Waals surface area (Å²) < 4.78 is 11.5. The first-order valence-corrected chi connectivity index (χ1v) is 10.3. The highest BCUT2D eigenvalue weighted by atomic mass is 35.5. The van der Waals surface area contributed by atoms with Crippen LogP contribution in [0.3, 0.4) is 0 Å². The molecule has 2 aromatic carbocycles. The standard InChI is InChI=1S/C23H26N4O2.ClH/c1-27-12-11-24-14-21(27)22-25-23(29-26-22)20-13-19(20)17-7-9-18(10-8-17)28-15-16-5-3-2-4-6-16;/h2-10,19-21,24H,11-15H2,1H3;1H. The predicted octanol–water partition coefficient (Wildman–Crippen LogP) is 3.92. The third-order valence-corrected chi connectivity index (χ3v) is 5.93. The Bertz CT molecular complexity index is 947. The van der Waals surface area contributed by atoms with E-state index in [-0.39, 0.29) is 18.4 Å². The summed E-state index contributed by atoms with van der Waals surface area (Å²) in [6.45, 7) is 3.46. The minimum absolute atomic E-state index is 0. The Balaban J connectivity index is 0.00000218. The maximum absolute atomic E-state index is 5.89. The largest absolute Gasteiger partial charge is 0.489 e. The van der Waals surface area contributed by atoms with E-state index in [4.69, 9.17) is 14.2 Å². The molecule has 3 atom stereocenters. The van der Waals surface area contributed by atoms with E-state index in [0.717, 1.165) is 43.5 Å². The molecule has 3 aromatic rings. The molecule has 5 rings (SSSR count). The van der Waals surface area contributed by atoms with Gasteiger partial charge in [0, 0.05) is 25.6 Å². The monoisotopic (exact) mass is 426 g/mol. The van der Waals surface area contributed by atoms with Crippen LogP contribution in [-0.2, 0) is 6.61 Å². The molecular weight excluding hydrogens is 400 g/mol. The highest BCUT2D eigenvalue weighted by Crippen LogP contribution is 2.54. The zero-order valence-corrected chi connectivity index (χ0v) is 17.8. The second-order valence-electron chi connectivity index (χ2n) is 7.98. The Hall–Kier alpha value is -2.41. The van der Waals surface area contributed by atoms with Crippen molar-refractivity contribution in [3.8, 4) is 5.75 Å². The molecule has 1 N–H and O–H groups in total. The molecule has 2 fully saturated rings. The van der Waals surface area contributed by atoms with Crippen LogP contribution in [0.4, 0.5) is 0 Å². The Kier molecular flexibility index (Phi) is 6.37. The number of hydrogen-bond acceptors (Lipinski definition) is 6. The lowest BCUT2D eigenvalue weighted by molar-refractivity contribution is 0.190. The molecule has 30 heavy (non-hydrogen) atoms. The summed E-state index contributed by atoms with van der Waals surface area (Å²) in [6, 6.07) is 18.8. The zero-order valence-electron chi connectivity index (χ0n) is 17.0. The van der Waals surface area contributed by atoms with E-state index in [9.17, 15) is 0 Å². The third kappa shape index (κ3) is 4.51. The van der Waals surface area contributed by atoms with Gasteiger partial charge in [-0.15, -0.1) is 12.4 Å². The number of benzene rings is 2. The van der Waals surface area contributed by atoms with Gasteiger partial charge in [0.15, 0.2) is 5.82 Å². The highest BCUT2D eigenvalue weighted by Gasteiger charge is 2.44. The Morgan fingerprint density at radius 2 is 1.90 bits per heavy atom. The maximum atomic E-state index is 5.89. The molecule has 0 radical (unpaired) electrons. The van der Waals surface area contributed by atoms with Crippen LogP contribution in [0.1, 0.15) is 47.1 Å². The molecule has 3 unspecified atom stereocenters. The fourth-order valence-corrected chi connectivity index (χ4v) is 4.02. The van der Waals surface area contributed by atoms with Crippen LogP contribution in [0.5, 0.6) is 5.75 Å². The molecule has 1 saturated heterocycles. The van der Waals surface area contributed by atoms with E-state index in [1.54, 1.807) is 0 Å². The maximum Gasteiger partial charge on any atom is 0.230 e. The van der Waals surface area contributed by atoms with Crippen LogP contribution in [0.25, 0.3) is 0 Å². The van der Waals surface area contributed by atoms with Crippen molar-refractivity contribution in [2.24, 2.45) is 0 Å². The Labute approximate surface area is 183 Å². The molecule has 0 bridgehead atoms. The lowest BCUT2D eigenvalue weighted by atomic mass is 10.1. The van der Waals surface area contributed by atoms with Gasteiger partial charge >= 0.3 is 0 Å². The lowest BCUT2D eigenvalue weighted by Gasteiger charge is -2.30. The van der Waals surface area contributed by atoms with Crippen LogP contribution in [-0.4, -0.2) is 41.7 Å². The first kappa shape index (κ1) is 20.8. The number of nitrogens with zero attached hydrogens (tertiary/aromatic N) is 3. The lowest BCUT2D eigenvalue weighted by Crippen LogP contribution is -2.44. The summed E-state index contributed by atoms with van der Waals surface area (Å²) in [6.07, 6.45) is 1.06. The molecule has 1 aliphatic heterocycles. The van der Waals surface area contributed by atoms with Crippen molar-refractivity contribution in [2.75, 3.05) is 26.7 Å². The normalized spacial score (nSPS) is 23.6. The molecule has 1 aliphatic carbocycles. The molecule has 1 saturated carbocycles. The zero-order chi connectivity index (χ0) is 19.6. The molecule has 0 amide bonds. The van der Waals surface area contributed by atoms with Crippen molar-refractivity contribution in [1.29, 1.82) is 0 Å². The van der Waals surface area contributed by atoms with Crippen molar-refractivity contribution in [3.63, 3.8) is 0 Å². The molecule has 0 spiro atoms. The van der Waals surface area contributed by atoms with Crippen molar-refractivity contribution in [3.05, 3.63) is 77.4 Å². The fourth-order valence-electron chi connectivity index (χ4n) is 4.02. The van der Waals surface area contributed by atoms with Crippen LogP contribution in [0.15, 0.2) is 59.1 Å². The molecule has 2 aliphatic rings. The molecule has 158 valence electrons. The topological polar surface area (TPSA) is 63.4 Å². The number of rotatable bonds is 6. The van der Waals surface area contributed by atoms with Gasteiger partial charge in [0.05, 0.1) is 6.04 Å². The molecule has 7 heteroatoms. The number of piperazine rings is 1. The summed E-state index contributed by atoms with van der Waals surface area (Å²) in [5.41, 5.74) is 2.48. The number of ether oxygens (including phenoxy) is 1. The van der Waals surface area contributed by atoms with Crippen LogP contribution in [0, 0.1) is 0 Å². The molecule has 2 heterocycles. The second-order valence-corrected chi connectivity index (χ2v) is 7.98. The highest BCUT2D eigenvalue weighted by molar-refractivity contribution is 5.85. The minimum atomic E-state index is 0. The van der Waals surface area contributed by atoms with Crippen molar-refractivity contribution < 1.29 is 9.26 Å². The molecular formula is C23H27ClN4O2. The van der Waals surface area contributed by atoms with Gasteiger partial charge in [0.1, 0.15) is 12.4 Å². The van der Waals surface area contributed by atoms with Gasteiger partial charge in [0.2, 0.25) is 5.89 Å². The number of hydrogen-bond donors (Lipinski definition) is 1. The third-order valence-electron chi connectivity index (χ3n) is 5.93. The quantitative estimate of drug-likeness (QED) is 0.644. The van der Waals surface area contributed by atoms with Gasteiger partial charge in [-0.05, 0) is 42.6 Å². The first-order chi connectivity index (χ1) is 14.3. The number of nitrogens with one attached hydrogen (secondary N) is 1. The average molecular weight is 427 g/mol. The summed E-state index contributed by atoms with van der Waals surface area (Å²) in [4.78, 5) is 7.00. The van der Waals surface area contributed by atoms with Crippen molar-refractivity contribution >= 4 is 12.4 Å². The summed E-state index contributed by atoms with van der Waals surface area (Å²) in [5.74, 6) is 3.24. The Morgan fingerprint density at radius 3 is 2.67 bits per heavy atom. The Morgan fingerprint density at radius 1 is 1.10 bits per heavy atom. The van der Waals surface area contributed by atoms with Gasteiger partial charge in [-0.3, -0.25) is 4.90 Å². The van der Waals surface area contributed by atoms with Crippen molar-refractivity contribution in [1.82, 2.24) is 20.4 Å². The van der Waals surface area contributed by atoms with Crippen molar-refractivity contribution in [2.45, 2.75) is 30.9 Å². The van der Waals surface area contributed by atoms with Gasteiger partial charge in [-0.2, -0.15) is 4.98 Å². The number of halogens is 1. The second kappa shape index (κ2) is 9.16. The first-order valence-electron chi connectivity index (χ1n) is 10.3. The number of likely N-dealkylation sites (N-methyl/N-ethyl adjacent to an activating group) is 1. The minimum Gasteiger partial charge on any atom is -0.489 e.